The van der Waals surface area contributed by atoms with E-state index in [-0.39, 0.29) is 36.0 Å². The number of hydrogen-bond acceptors (Lipinski definition) is 3. The quantitative estimate of drug-likeness (QED) is 0.157. The molecule has 3 aromatic rings. The highest BCUT2D eigenvalue weighted by atomic mass is 127. The molecule has 0 saturated carbocycles. The van der Waals surface area contributed by atoms with E-state index >= 15 is 0 Å². The van der Waals surface area contributed by atoms with Gasteiger partial charge in [0.1, 0.15) is 0 Å². The molecule has 8 heteroatoms. The maximum absolute atomic E-state index is 12.5. The molecule has 4 rings (SSSR count). The number of aromatic nitrogens is 1. The molecule has 0 bridgehead atoms. The van der Waals surface area contributed by atoms with Crippen molar-refractivity contribution in [3.05, 3.63) is 71.9 Å². The summed E-state index contributed by atoms with van der Waals surface area (Å²) in [5.74, 6) is 0.688. The van der Waals surface area contributed by atoms with Gasteiger partial charge in [0.2, 0.25) is 0 Å². The fourth-order valence-electron chi connectivity index (χ4n) is 4.13. The number of aryl methyl sites for hydroxylation is 1. The number of guanidine groups is 1. The van der Waals surface area contributed by atoms with Crippen LogP contribution >= 0.6 is 24.0 Å². The number of para-hydroxylation sites is 1. The highest BCUT2D eigenvalue weighted by Crippen LogP contribution is 2.15. The van der Waals surface area contributed by atoms with Gasteiger partial charge in [0.25, 0.3) is 5.91 Å². The van der Waals surface area contributed by atoms with Crippen molar-refractivity contribution >= 4 is 46.7 Å². The topological polar surface area (TPSA) is 79.7 Å². The molecule has 1 saturated heterocycles. The number of carbonyl (C=O) groups is 1. The van der Waals surface area contributed by atoms with Crippen LogP contribution in [0.1, 0.15) is 35.2 Å². The largest absolute Gasteiger partial charge is 0.376 e. The van der Waals surface area contributed by atoms with Crippen molar-refractivity contribution in [2.24, 2.45) is 4.99 Å². The fourth-order valence-corrected chi connectivity index (χ4v) is 4.13. The van der Waals surface area contributed by atoms with E-state index in [1.807, 2.05) is 24.3 Å². The molecule has 3 N–H and O–H groups in total. The van der Waals surface area contributed by atoms with Gasteiger partial charge in [0.05, 0.1) is 6.10 Å². The Morgan fingerprint density at radius 2 is 2.00 bits per heavy atom. The minimum Gasteiger partial charge on any atom is -0.376 e. The number of aliphatic imine (C=N–C) groups is 1. The molecule has 1 aliphatic heterocycles. The van der Waals surface area contributed by atoms with Crippen LogP contribution in [0.3, 0.4) is 0 Å². The standard InChI is InChI=1S/C26H33N5O2.HI/c1-27-26(28-13-6-14-31-15-12-21-8-2-3-11-24(21)31)30-18-20-7-4-9-22(17-20)25(32)29-19-23-10-5-16-33-23;/h2-4,7-9,11-12,15,17,23H,5-6,10,13-14,16,18-19H2,1H3,(H,29,32)(H2,27,28,30);1H. The Hall–Kier alpha value is -2.59. The lowest BCUT2D eigenvalue weighted by molar-refractivity contribution is 0.0857. The molecule has 34 heavy (non-hydrogen) atoms. The molecule has 1 fully saturated rings. The van der Waals surface area contributed by atoms with Crippen molar-refractivity contribution in [2.45, 2.75) is 38.5 Å². The first-order chi connectivity index (χ1) is 16.2. The first kappa shape index (κ1) is 26.0. The molecule has 1 unspecified atom stereocenters. The molecular weight excluding hydrogens is 541 g/mol. The third kappa shape index (κ3) is 7.20. The summed E-state index contributed by atoms with van der Waals surface area (Å²) in [6.07, 6.45) is 5.35. The van der Waals surface area contributed by atoms with Crippen LogP contribution in [-0.4, -0.2) is 49.3 Å². The molecule has 1 amide bonds. The van der Waals surface area contributed by atoms with Gasteiger partial charge >= 0.3 is 0 Å². The number of benzene rings is 2. The van der Waals surface area contributed by atoms with Crippen LogP contribution in [0.15, 0.2) is 65.8 Å². The number of rotatable bonds is 9. The van der Waals surface area contributed by atoms with Crippen molar-refractivity contribution in [1.29, 1.82) is 0 Å². The van der Waals surface area contributed by atoms with E-state index in [0.29, 0.717) is 18.7 Å². The Bertz CT molecular complexity index is 1090. The zero-order valence-corrected chi connectivity index (χ0v) is 22.0. The second-order valence-corrected chi connectivity index (χ2v) is 8.32. The minimum absolute atomic E-state index is 0. The van der Waals surface area contributed by atoms with Gasteiger partial charge in [0, 0.05) is 57.1 Å². The summed E-state index contributed by atoms with van der Waals surface area (Å²) >= 11 is 0. The SMILES string of the molecule is CN=C(NCCCn1ccc2ccccc21)NCc1cccc(C(=O)NCC2CCCO2)c1.I. The molecule has 2 aromatic carbocycles. The molecule has 182 valence electrons. The Morgan fingerprint density at radius 1 is 1.12 bits per heavy atom. The average Bonchev–Trinajstić information content (AvgIpc) is 3.52. The van der Waals surface area contributed by atoms with Crippen LogP contribution in [0, 0.1) is 0 Å². The van der Waals surface area contributed by atoms with Crippen LogP contribution in [0.25, 0.3) is 10.9 Å². The molecule has 0 spiro atoms. The predicted octanol–water partition coefficient (Wildman–Crippen LogP) is 3.92. The maximum Gasteiger partial charge on any atom is 0.251 e. The van der Waals surface area contributed by atoms with Gasteiger partial charge in [-0.15, -0.1) is 24.0 Å². The molecular formula is C26H34IN5O2. The highest BCUT2D eigenvalue weighted by molar-refractivity contribution is 14.0. The summed E-state index contributed by atoms with van der Waals surface area (Å²) in [5.41, 5.74) is 2.95. The van der Waals surface area contributed by atoms with E-state index < -0.39 is 0 Å². The first-order valence-corrected chi connectivity index (χ1v) is 11.7. The van der Waals surface area contributed by atoms with E-state index in [0.717, 1.165) is 50.5 Å². The first-order valence-electron chi connectivity index (χ1n) is 11.7. The number of carbonyl (C=O) groups excluding carboxylic acids is 1. The Morgan fingerprint density at radius 3 is 2.82 bits per heavy atom. The van der Waals surface area contributed by atoms with Gasteiger partial charge in [0.15, 0.2) is 5.96 Å². The maximum atomic E-state index is 12.5. The van der Waals surface area contributed by atoms with E-state index in [1.54, 1.807) is 7.05 Å². The number of ether oxygens (including phenoxy) is 1. The lowest BCUT2D eigenvalue weighted by Crippen LogP contribution is -2.37. The third-order valence-corrected chi connectivity index (χ3v) is 5.94. The summed E-state index contributed by atoms with van der Waals surface area (Å²) in [4.78, 5) is 16.8. The lowest BCUT2D eigenvalue weighted by atomic mass is 10.1. The van der Waals surface area contributed by atoms with Crippen LogP contribution < -0.4 is 16.0 Å². The zero-order chi connectivity index (χ0) is 22.9. The van der Waals surface area contributed by atoms with Crippen LogP contribution in [0.4, 0.5) is 0 Å². The minimum atomic E-state index is -0.0626. The van der Waals surface area contributed by atoms with Crippen LogP contribution in [0.5, 0.6) is 0 Å². The average molecular weight is 575 g/mol. The number of nitrogens with zero attached hydrogens (tertiary/aromatic N) is 2. The Balaban J connectivity index is 0.00000324. The predicted molar refractivity (Wildman–Crippen MR) is 148 cm³/mol. The third-order valence-electron chi connectivity index (χ3n) is 5.94. The number of hydrogen-bond donors (Lipinski definition) is 3. The summed E-state index contributed by atoms with van der Waals surface area (Å²) in [7, 11) is 1.77. The normalized spacial score (nSPS) is 15.7. The van der Waals surface area contributed by atoms with Gasteiger partial charge in [-0.3, -0.25) is 9.79 Å². The lowest BCUT2D eigenvalue weighted by Gasteiger charge is -2.14. The van der Waals surface area contributed by atoms with Crippen LogP contribution in [0.2, 0.25) is 0 Å². The molecule has 0 radical (unpaired) electrons. The van der Waals surface area contributed by atoms with Crippen molar-refractivity contribution < 1.29 is 9.53 Å². The number of fused-ring (bicyclic) bond motifs is 1. The summed E-state index contributed by atoms with van der Waals surface area (Å²) in [6.45, 7) is 3.71. The number of halogens is 1. The Labute approximate surface area is 218 Å². The molecule has 0 aliphatic carbocycles. The summed E-state index contributed by atoms with van der Waals surface area (Å²) in [5, 5.41) is 11.0. The Kier molecular flexibility index (Phi) is 10.2. The molecule has 1 aliphatic rings. The number of nitrogens with one attached hydrogen (secondary N) is 3. The van der Waals surface area contributed by atoms with E-state index in [2.05, 4.69) is 62.0 Å². The van der Waals surface area contributed by atoms with Gasteiger partial charge in [-0.1, -0.05) is 30.3 Å². The smallest absolute Gasteiger partial charge is 0.251 e. The van der Waals surface area contributed by atoms with Crippen molar-refractivity contribution in [2.75, 3.05) is 26.7 Å². The second kappa shape index (κ2) is 13.3. The molecule has 1 aromatic heterocycles. The van der Waals surface area contributed by atoms with Gasteiger partial charge in [-0.05, 0) is 54.5 Å². The molecule has 2 heterocycles. The van der Waals surface area contributed by atoms with E-state index in [9.17, 15) is 4.79 Å². The van der Waals surface area contributed by atoms with Gasteiger partial charge in [-0.2, -0.15) is 0 Å². The fraction of sp³-hybridized carbons (Fsp3) is 0.385. The van der Waals surface area contributed by atoms with Gasteiger partial charge < -0.3 is 25.3 Å². The molecule has 1 atom stereocenters. The van der Waals surface area contributed by atoms with Crippen LogP contribution in [-0.2, 0) is 17.8 Å². The monoisotopic (exact) mass is 575 g/mol. The zero-order valence-electron chi connectivity index (χ0n) is 19.6. The van der Waals surface area contributed by atoms with Crippen molar-refractivity contribution in [3.63, 3.8) is 0 Å². The van der Waals surface area contributed by atoms with Gasteiger partial charge in [-0.25, -0.2) is 0 Å². The summed E-state index contributed by atoms with van der Waals surface area (Å²) in [6, 6.07) is 18.3. The van der Waals surface area contributed by atoms with Crippen molar-refractivity contribution in [3.8, 4) is 0 Å². The summed E-state index contributed by atoms with van der Waals surface area (Å²) < 4.78 is 7.85. The van der Waals surface area contributed by atoms with Crippen molar-refractivity contribution in [1.82, 2.24) is 20.5 Å². The molecule has 7 nitrogen and oxygen atoms in total. The highest BCUT2D eigenvalue weighted by Gasteiger charge is 2.16. The number of amides is 1. The van der Waals surface area contributed by atoms with E-state index in [4.69, 9.17) is 4.74 Å². The second-order valence-electron chi connectivity index (χ2n) is 8.32. The van der Waals surface area contributed by atoms with E-state index in [1.165, 1.54) is 10.9 Å².